The number of piperidine rings is 1. The average Bonchev–Trinajstić information content (AvgIpc) is 3.04. The third-order valence-corrected chi connectivity index (χ3v) is 6.25. The Morgan fingerprint density at radius 3 is 2.32 bits per heavy atom. The van der Waals surface area contributed by atoms with Crippen LogP contribution in [0.1, 0.15) is 64.7 Å². The predicted molar refractivity (Wildman–Crippen MR) is 81.4 cm³/mol. The van der Waals surface area contributed by atoms with E-state index in [9.17, 15) is 0 Å². The van der Waals surface area contributed by atoms with Crippen molar-refractivity contribution in [3.05, 3.63) is 0 Å². The number of rotatable bonds is 4. The van der Waals surface area contributed by atoms with Gasteiger partial charge in [0.15, 0.2) is 0 Å². The van der Waals surface area contributed by atoms with E-state index in [-0.39, 0.29) is 0 Å². The molecule has 2 nitrogen and oxygen atoms in total. The van der Waals surface area contributed by atoms with Crippen LogP contribution >= 0.6 is 0 Å². The van der Waals surface area contributed by atoms with E-state index < -0.39 is 0 Å². The molecule has 3 fully saturated rings. The van der Waals surface area contributed by atoms with Gasteiger partial charge in [-0.25, -0.2) is 0 Å². The van der Waals surface area contributed by atoms with E-state index >= 15 is 0 Å². The van der Waals surface area contributed by atoms with Crippen molar-refractivity contribution in [2.75, 3.05) is 32.7 Å². The minimum atomic E-state index is 0.606. The van der Waals surface area contributed by atoms with Crippen molar-refractivity contribution in [2.45, 2.75) is 64.7 Å². The summed E-state index contributed by atoms with van der Waals surface area (Å²) in [6, 6.07) is 0. The monoisotopic (exact) mass is 264 g/mol. The Balaban J connectivity index is 1.53. The topological polar surface area (TPSA) is 15.3 Å². The minimum Gasteiger partial charge on any atom is -0.316 e. The Bertz CT molecular complexity index is 278. The summed E-state index contributed by atoms with van der Waals surface area (Å²) in [4.78, 5) is 2.80. The maximum atomic E-state index is 3.61. The first-order valence-corrected chi connectivity index (χ1v) is 8.69. The molecule has 3 rings (SSSR count). The van der Waals surface area contributed by atoms with Crippen LogP contribution in [0.15, 0.2) is 0 Å². The van der Waals surface area contributed by atoms with E-state index in [0.717, 1.165) is 5.41 Å². The molecule has 1 saturated carbocycles. The summed E-state index contributed by atoms with van der Waals surface area (Å²) in [5.41, 5.74) is 1.39. The van der Waals surface area contributed by atoms with Crippen molar-refractivity contribution < 1.29 is 0 Å². The summed E-state index contributed by atoms with van der Waals surface area (Å²) >= 11 is 0. The number of nitrogens with zero attached hydrogens (tertiary/aromatic N) is 1. The van der Waals surface area contributed by atoms with Crippen molar-refractivity contribution in [2.24, 2.45) is 10.8 Å². The van der Waals surface area contributed by atoms with Gasteiger partial charge in [-0.05, 0) is 69.0 Å². The van der Waals surface area contributed by atoms with Gasteiger partial charge < -0.3 is 10.2 Å². The van der Waals surface area contributed by atoms with E-state index in [1.807, 2.05) is 0 Å². The molecular weight excluding hydrogens is 232 g/mol. The van der Waals surface area contributed by atoms with Crippen molar-refractivity contribution >= 4 is 0 Å². The summed E-state index contributed by atoms with van der Waals surface area (Å²) in [7, 11) is 0. The van der Waals surface area contributed by atoms with Crippen LogP contribution in [0.2, 0.25) is 0 Å². The van der Waals surface area contributed by atoms with Gasteiger partial charge in [-0.1, -0.05) is 26.2 Å². The number of nitrogens with one attached hydrogen (secondary N) is 1. The summed E-state index contributed by atoms with van der Waals surface area (Å²) in [5.74, 6) is 0. The average molecular weight is 264 g/mol. The molecule has 110 valence electrons. The molecule has 1 unspecified atom stereocenters. The van der Waals surface area contributed by atoms with Crippen molar-refractivity contribution in [1.29, 1.82) is 0 Å². The quantitative estimate of drug-likeness (QED) is 0.837. The van der Waals surface area contributed by atoms with Crippen molar-refractivity contribution in [3.8, 4) is 0 Å². The highest BCUT2D eigenvalue weighted by Crippen LogP contribution is 2.46. The van der Waals surface area contributed by atoms with Gasteiger partial charge in [-0.15, -0.1) is 0 Å². The van der Waals surface area contributed by atoms with E-state index in [1.54, 1.807) is 0 Å². The highest BCUT2D eigenvalue weighted by Gasteiger charge is 2.40. The normalized spacial score (nSPS) is 35.2. The van der Waals surface area contributed by atoms with Gasteiger partial charge in [-0.3, -0.25) is 0 Å². The van der Waals surface area contributed by atoms with E-state index in [1.165, 1.54) is 90.5 Å². The largest absolute Gasteiger partial charge is 0.316 e. The van der Waals surface area contributed by atoms with Gasteiger partial charge in [0.25, 0.3) is 0 Å². The Morgan fingerprint density at radius 1 is 1.00 bits per heavy atom. The van der Waals surface area contributed by atoms with Crippen LogP contribution < -0.4 is 5.32 Å². The lowest BCUT2D eigenvalue weighted by Gasteiger charge is -2.43. The van der Waals surface area contributed by atoms with Gasteiger partial charge in [0.2, 0.25) is 0 Å². The third kappa shape index (κ3) is 3.00. The zero-order chi connectivity index (χ0) is 13.2. The molecule has 0 radical (unpaired) electrons. The lowest BCUT2D eigenvalue weighted by molar-refractivity contribution is 0.0700. The van der Waals surface area contributed by atoms with Crippen LogP contribution in [0.5, 0.6) is 0 Å². The fourth-order valence-corrected chi connectivity index (χ4v) is 5.04. The van der Waals surface area contributed by atoms with E-state index in [4.69, 9.17) is 0 Å². The molecule has 3 aliphatic rings. The number of likely N-dealkylation sites (tertiary alicyclic amines) is 1. The molecule has 0 bridgehead atoms. The first-order chi connectivity index (χ1) is 9.26. The molecular formula is C17H32N2. The van der Waals surface area contributed by atoms with Crippen molar-refractivity contribution in [3.63, 3.8) is 0 Å². The van der Waals surface area contributed by atoms with Gasteiger partial charge in [0.1, 0.15) is 0 Å². The summed E-state index contributed by atoms with van der Waals surface area (Å²) in [6.07, 6.45) is 13.2. The summed E-state index contributed by atoms with van der Waals surface area (Å²) in [5, 5.41) is 3.61. The molecule has 1 atom stereocenters. The van der Waals surface area contributed by atoms with Crippen LogP contribution in [0.3, 0.4) is 0 Å². The smallest absolute Gasteiger partial charge is 0.00506 e. The number of hydrogen-bond donors (Lipinski definition) is 1. The molecule has 2 heteroatoms. The van der Waals surface area contributed by atoms with Gasteiger partial charge in [0, 0.05) is 13.1 Å². The zero-order valence-electron chi connectivity index (χ0n) is 12.8. The Kier molecular flexibility index (Phi) is 4.19. The molecule has 2 aliphatic heterocycles. The first-order valence-electron chi connectivity index (χ1n) is 8.69. The van der Waals surface area contributed by atoms with Crippen LogP contribution in [0.25, 0.3) is 0 Å². The summed E-state index contributed by atoms with van der Waals surface area (Å²) < 4.78 is 0. The molecule has 1 spiro atoms. The van der Waals surface area contributed by atoms with E-state index in [0.29, 0.717) is 5.41 Å². The second-order valence-corrected chi connectivity index (χ2v) is 7.66. The molecule has 2 heterocycles. The fraction of sp³-hybridized carbons (Fsp3) is 1.00. The van der Waals surface area contributed by atoms with Crippen LogP contribution in [0, 0.1) is 10.8 Å². The molecule has 0 aromatic heterocycles. The standard InChI is InChI=1S/C17H32N2/c1-2-5-17(8-11-18-14-17)15-19-12-9-16(10-13-19)6-3-4-7-16/h18H,2-15H2,1H3. The van der Waals surface area contributed by atoms with Crippen LogP contribution in [-0.2, 0) is 0 Å². The SMILES string of the molecule is CCCC1(CN2CCC3(CCCC3)CC2)CCNC1. The molecule has 1 aliphatic carbocycles. The van der Waals surface area contributed by atoms with E-state index in [2.05, 4.69) is 17.1 Å². The molecule has 2 saturated heterocycles. The first kappa shape index (κ1) is 13.9. The van der Waals surface area contributed by atoms with Gasteiger partial charge in [-0.2, -0.15) is 0 Å². The van der Waals surface area contributed by atoms with Crippen LogP contribution in [-0.4, -0.2) is 37.6 Å². The fourth-order valence-electron chi connectivity index (χ4n) is 5.04. The minimum absolute atomic E-state index is 0.606. The lowest BCUT2D eigenvalue weighted by Crippen LogP contribution is -2.45. The summed E-state index contributed by atoms with van der Waals surface area (Å²) in [6.45, 7) is 8.99. The zero-order valence-corrected chi connectivity index (χ0v) is 12.8. The second kappa shape index (κ2) is 5.73. The van der Waals surface area contributed by atoms with Gasteiger partial charge in [0.05, 0.1) is 0 Å². The number of hydrogen-bond acceptors (Lipinski definition) is 2. The van der Waals surface area contributed by atoms with Crippen LogP contribution in [0.4, 0.5) is 0 Å². The second-order valence-electron chi connectivity index (χ2n) is 7.66. The molecule has 1 N–H and O–H groups in total. The third-order valence-electron chi connectivity index (χ3n) is 6.25. The molecule has 0 amide bonds. The highest BCUT2D eigenvalue weighted by atomic mass is 15.1. The highest BCUT2D eigenvalue weighted by molar-refractivity contribution is 4.94. The van der Waals surface area contributed by atoms with Gasteiger partial charge >= 0.3 is 0 Å². The lowest BCUT2D eigenvalue weighted by atomic mass is 9.75. The molecule has 0 aromatic carbocycles. The maximum Gasteiger partial charge on any atom is 0.00506 e. The van der Waals surface area contributed by atoms with Crippen molar-refractivity contribution in [1.82, 2.24) is 10.2 Å². The Morgan fingerprint density at radius 2 is 1.74 bits per heavy atom. The Hall–Kier alpha value is -0.0800. The molecule has 0 aromatic rings. The molecule has 19 heavy (non-hydrogen) atoms. The predicted octanol–water partition coefficient (Wildman–Crippen LogP) is 3.42. The maximum absolute atomic E-state index is 3.61. The Labute approximate surface area is 119 Å².